The molecule has 3 N–H and O–H groups in total. The first-order valence-electron chi connectivity index (χ1n) is 5.37. The van der Waals surface area contributed by atoms with Crippen molar-refractivity contribution in [2.75, 3.05) is 18.4 Å². The number of nitrogens with one attached hydrogen (secondary N) is 2. The number of amides is 1. The SMILES string of the molecule is Cc1ccccc1NCCC(=O)NCC(=O)O. The molecule has 0 aliphatic rings. The number of hydrogen-bond acceptors (Lipinski definition) is 3. The second-order valence-electron chi connectivity index (χ2n) is 3.66. The van der Waals surface area contributed by atoms with Gasteiger partial charge in [0.15, 0.2) is 0 Å². The normalized spacial score (nSPS) is 9.71. The van der Waals surface area contributed by atoms with Gasteiger partial charge in [-0.3, -0.25) is 9.59 Å². The third kappa shape index (κ3) is 5.01. The number of carboxylic acids is 1. The zero-order chi connectivity index (χ0) is 12.7. The van der Waals surface area contributed by atoms with Crippen molar-refractivity contribution < 1.29 is 14.7 Å². The minimum atomic E-state index is -1.04. The average Bonchev–Trinajstić information content (AvgIpc) is 2.29. The van der Waals surface area contributed by atoms with Crippen LogP contribution in [0.3, 0.4) is 0 Å². The number of hydrogen-bond donors (Lipinski definition) is 3. The summed E-state index contributed by atoms with van der Waals surface area (Å²) in [7, 11) is 0. The van der Waals surface area contributed by atoms with Crippen molar-refractivity contribution in [1.29, 1.82) is 0 Å². The Bertz CT molecular complexity index is 404. The first-order chi connectivity index (χ1) is 8.09. The van der Waals surface area contributed by atoms with E-state index in [4.69, 9.17) is 5.11 Å². The molecule has 0 fully saturated rings. The van der Waals surface area contributed by atoms with Crippen molar-refractivity contribution in [3.63, 3.8) is 0 Å². The number of aliphatic carboxylic acids is 1. The Morgan fingerprint density at radius 1 is 1.29 bits per heavy atom. The summed E-state index contributed by atoms with van der Waals surface area (Å²) < 4.78 is 0. The largest absolute Gasteiger partial charge is 0.480 e. The summed E-state index contributed by atoms with van der Waals surface area (Å²) in [5.74, 6) is -1.31. The van der Waals surface area contributed by atoms with Crippen molar-refractivity contribution in [2.45, 2.75) is 13.3 Å². The van der Waals surface area contributed by atoms with Gasteiger partial charge >= 0.3 is 5.97 Å². The van der Waals surface area contributed by atoms with E-state index in [1.165, 1.54) is 0 Å². The number of carbonyl (C=O) groups excluding carboxylic acids is 1. The number of rotatable bonds is 6. The predicted octanol–water partition coefficient (Wildman–Crippen LogP) is 0.998. The van der Waals surface area contributed by atoms with E-state index in [9.17, 15) is 9.59 Å². The zero-order valence-corrected chi connectivity index (χ0v) is 9.69. The van der Waals surface area contributed by atoms with E-state index in [1.54, 1.807) is 0 Å². The van der Waals surface area contributed by atoms with Gasteiger partial charge in [0, 0.05) is 18.7 Å². The lowest BCUT2D eigenvalue weighted by Gasteiger charge is -2.08. The number of carboxylic acid groups (broad SMARTS) is 1. The molecular weight excluding hydrogens is 220 g/mol. The zero-order valence-electron chi connectivity index (χ0n) is 9.69. The molecule has 1 aromatic rings. The molecule has 0 radical (unpaired) electrons. The predicted molar refractivity (Wildman–Crippen MR) is 64.9 cm³/mol. The highest BCUT2D eigenvalue weighted by Crippen LogP contribution is 2.12. The molecule has 5 heteroatoms. The van der Waals surface area contributed by atoms with Gasteiger partial charge < -0.3 is 15.7 Å². The molecule has 0 spiro atoms. The van der Waals surface area contributed by atoms with E-state index in [0.717, 1.165) is 11.3 Å². The van der Waals surface area contributed by atoms with Gasteiger partial charge in [-0.2, -0.15) is 0 Å². The van der Waals surface area contributed by atoms with Crippen molar-refractivity contribution >= 4 is 17.6 Å². The first-order valence-corrected chi connectivity index (χ1v) is 5.37. The van der Waals surface area contributed by atoms with Crippen LogP contribution in [0.2, 0.25) is 0 Å². The molecular formula is C12H16N2O3. The van der Waals surface area contributed by atoms with Crippen LogP contribution >= 0.6 is 0 Å². The van der Waals surface area contributed by atoms with Gasteiger partial charge in [-0.1, -0.05) is 18.2 Å². The summed E-state index contributed by atoms with van der Waals surface area (Å²) in [6.07, 6.45) is 0.252. The molecule has 0 saturated heterocycles. The molecule has 0 atom stereocenters. The molecule has 0 aliphatic heterocycles. The maximum absolute atomic E-state index is 11.2. The summed E-state index contributed by atoms with van der Waals surface area (Å²) >= 11 is 0. The molecule has 1 aromatic carbocycles. The summed E-state index contributed by atoms with van der Waals surface area (Å²) in [6, 6.07) is 7.78. The van der Waals surface area contributed by atoms with Crippen LogP contribution in [0.5, 0.6) is 0 Å². The van der Waals surface area contributed by atoms with Crippen LogP contribution in [-0.2, 0) is 9.59 Å². The Balaban J connectivity index is 2.26. The highest BCUT2D eigenvalue weighted by atomic mass is 16.4. The van der Waals surface area contributed by atoms with E-state index in [1.807, 2.05) is 31.2 Å². The lowest BCUT2D eigenvalue weighted by molar-refractivity contribution is -0.137. The average molecular weight is 236 g/mol. The van der Waals surface area contributed by atoms with E-state index >= 15 is 0 Å². The molecule has 1 amide bonds. The van der Waals surface area contributed by atoms with Gasteiger partial charge in [0.1, 0.15) is 6.54 Å². The monoisotopic (exact) mass is 236 g/mol. The molecule has 17 heavy (non-hydrogen) atoms. The number of anilines is 1. The maximum Gasteiger partial charge on any atom is 0.322 e. The molecule has 0 aromatic heterocycles. The Hall–Kier alpha value is -2.04. The van der Waals surface area contributed by atoms with Gasteiger partial charge in [0.05, 0.1) is 0 Å². The molecule has 0 heterocycles. The fourth-order valence-corrected chi connectivity index (χ4v) is 1.34. The van der Waals surface area contributed by atoms with Gasteiger partial charge in [0.2, 0.25) is 5.91 Å². The Morgan fingerprint density at radius 2 is 2.00 bits per heavy atom. The van der Waals surface area contributed by atoms with Gasteiger partial charge in [-0.15, -0.1) is 0 Å². The second kappa shape index (κ2) is 6.52. The lowest BCUT2D eigenvalue weighted by Crippen LogP contribution is -2.30. The van der Waals surface area contributed by atoms with Crippen LogP contribution in [-0.4, -0.2) is 30.1 Å². The number of aryl methyl sites for hydroxylation is 1. The third-order valence-electron chi connectivity index (χ3n) is 2.25. The molecule has 0 bridgehead atoms. The number of carbonyl (C=O) groups is 2. The summed E-state index contributed by atoms with van der Waals surface area (Å²) in [6.45, 7) is 2.13. The highest BCUT2D eigenvalue weighted by Gasteiger charge is 2.03. The third-order valence-corrected chi connectivity index (χ3v) is 2.25. The Kier molecular flexibility index (Phi) is 5.00. The van der Waals surface area contributed by atoms with Crippen molar-refractivity contribution in [3.8, 4) is 0 Å². The van der Waals surface area contributed by atoms with E-state index in [0.29, 0.717) is 6.54 Å². The lowest BCUT2D eigenvalue weighted by atomic mass is 10.2. The van der Waals surface area contributed by atoms with Crippen molar-refractivity contribution in [2.24, 2.45) is 0 Å². The van der Waals surface area contributed by atoms with Crippen LogP contribution in [0.15, 0.2) is 24.3 Å². The van der Waals surface area contributed by atoms with Crippen LogP contribution in [0, 0.1) is 6.92 Å². The molecule has 0 aliphatic carbocycles. The second-order valence-corrected chi connectivity index (χ2v) is 3.66. The van der Waals surface area contributed by atoms with E-state index in [-0.39, 0.29) is 18.9 Å². The highest BCUT2D eigenvalue weighted by molar-refractivity contribution is 5.81. The summed E-state index contributed by atoms with van der Waals surface area (Å²) in [5.41, 5.74) is 2.09. The van der Waals surface area contributed by atoms with Gasteiger partial charge in [-0.05, 0) is 18.6 Å². The smallest absolute Gasteiger partial charge is 0.322 e. The van der Waals surface area contributed by atoms with E-state index < -0.39 is 5.97 Å². The molecule has 5 nitrogen and oxygen atoms in total. The molecule has 0 saturated carbocycles. The Morgan fingerprint density at radius 3 is 2.65 bits per heavy atom. The molecule has 92 valence electrons. The molecule has 1 rings (SSSR count). The number of benzene rings is 1. The minimum absolute atomic E-state index is 0.252. The van der Waals surface area contributed by atoms with Gasteiger partial charge in [0.25, 0.3) is 0 Å². The van der Waals surface area contributed by atoms with Crippen LogP contribution in [0.4, 0.5) is 5.69 Å². The Labute approximate surface area is 99.8 Å². The van der Waals surface area contributed by atoms with Gasteiger partial charge in [-0.25, -0.2) is 0 Å². The van der Waals surface area contributed by atoms with E-state index in [2.05, 4.69) is 10.6 Å². The standard InChI is InChI=1S/C12H16N2O3/c1-9-4-2-3-5-10(9)13-7-6-11(15)14-8-12(16)17/h2-5,13H,6-8H2,1H3,(H,14,15)(H,16,17). The van der Waals surface area contributed by atoms with Crippen LogP contribution in [0.25, 0.3) is 0 Å². The fourth-order valence-electron chi connectivity index (χ4n) is 1.34. The minimum Gasteiger partial charge on any atom is -0.480 e. The van der Waals surface area contributed by atoms with Crippen LogP contribution < -0.4 is 10.6 Å². The first kappa shape index (κ1) is 13.0. The molecule has 0 unspecified atom stereocenters. The topological polar surface area (TPSA) is 78.4 Å². The fraction of sp³-hybridized carbons (Fsp3) is 0.333. The van der Waals surface area contributed by atoms with Crippen molar-refractivity contribution in [3.05, 3.63) is 29.8 Å². The summed E-state index contributed by atoms with van der Waals surface area (Å²) in [4.78, 5) is 21.4. The number of para-hydroxylation sites is 1. The van der Waals surface area contributed by atoms with Crippen molar-refractivity contribution in [1.82, 2.24) is 5.32 Å². The quantitative estimate of drug-likeness (QED) is 0.688. The maximum atomic E-state index is 11.2. The van der Waals surface area contributed by atoms with Crippen LogP contribution in [0.1, 0.15) is 12.0 Å². The summed E-state index contributed by atoms with van der Waals surface area (Å²) in [5, 5.41) is 13.8.